The van der Waals surface area contributed by atoms with Crippen LogP contribution in [0.2, 0.25) is 0 Å². The van der Waals surface area contributed by atoms with Gasteiger partial charge in [0.15, 0.2) is 0 Å². The fourth-order valence-electron chi connectivity index (χ4n) is 3.08. The molecule has 4 nitrogen and oxygen atoms in total. The average molecular weight is 296 g/mol. The van der Waals surface area contributed by atoms with Gasteiger partial charge in [0.1, 0.15) is 11.6 Å². The Morgan fingerprint density at radius 2 is 2.19 bits per heavy atom. The van der Waals surface area contributed by atoms with E-state index in [-0.39, 0.29) is 17.7 Å². The Kier molecular flexibility index (Phi) is 3.91. The standard InChI is InChI=1S/C15H18F2N2O2/c1-9-6-19-7-11(5-12(19)8-21-9)18-15(20)13-3-2-10(16)4-14(13)17/h2-4,9,11-12H,5-8H2,1H3,(H,18,20)/t9-,11+,12+/m1/s1. The minimum atomic E-state index is -0.833. The van der Waals surface area contributed by atoms with Gasteiger partial charge >= 0.3 is 0 Å². The molecule has 1 aromatic rings. The molecule has 0 bridgehead atoms. The summed E-state index contributed by atoms with van der Waals surface area (Å²) in [6.07, 6.45) is 0.992. The van der Waals surface area contributed by atoms with Crippen LogP contribution in [0.3, 0.4) is 0 Å². The van der Waals surface area contributed by atoms with Crippen molar-refractivity contribution in [2.45, 2.75) is 31.5 Å². The fourth-order valence-corrected chi connectivity index (χ4v) is 3.08. The summed E-state index contributed by atoms with van der Waals surface area (Å²) in [5.74, 6) is -2.01. The van der Waals surface area contributed by atoms with Gasteiger partial charge in [-0.05, 0) is 25.5 Å². The number of fused-ring (bicyclic) bond motifs is 1. The van der Waals surface area contributed by atoms with Gasteiger partial charge in [-0.15, -0.1) is 0 Å². The van der Waals surface area contributed by atoms with Crippen molar-refractivity contribution in [1.82, 2.24) is 10.2 Å². The van der Waals surface area contributed by atoms with E-state index in [0.29, 0.717) is 12.6 Å². The molecule has 0 aromatic heterocycles. The van der Waals surface area contributed by atoms with E-state index in [1.165, 1.54) is 6.07 Å². The molecule has 2 saturated heterocycles. The monoisotopic (exact) mass is 296 g/mol. The summed E-state index contributed by atoms with van der Waals surface area (Å²) in [6, 6.07) is 3.27. The smallest absolute Gasteiger partial charge is 0.254 e. The molecule has 6 heteroatoms. The van der Waals surface area contributed by atoms with Crippen molar-refractivity contribution in [2.24, 2.45) is 0 Å². The third-order valence-electron chi connectivity index (χ3n) is 4.10. The number of nitrogens with zero attached hydrogens (tertiary/aromatic N) is 1. The zero-order valence-corrected chi connectivity index (χ0v) is 11.8. The molecule has 0 spiro atoms. The number of amides is 1. The van der Waals surface area contributed by atoms with E-state index in [2.05, 4.69) is 10.2 Å². The van der Waals surface area contributed by atoms with Gasteiger partial charge in [0.25, 0.3) is 5.91 Å². The number of rotatable bonds is 2. The van der Waals surface area contributed by atoms with E-state index in [1.54, 1.807) is 0 Å². The number of nitrogens with one attached hydrogen (secondary N) is 1. The summed E-state index contributed by atoms with van der Waals surface area (Å²) in [4.78, 5) is 14.4. The molecule has 1 aromatic carbocycles. The minimum Gasteiger partial charge on any atom is -0.376 e. The molecule has 3 atom stereocenters. The van der Waals surface area contributed by atoms with Gasteiger partial charge < -0.3 is 10.1 Å². The second-order valence-corrected chi connectivity index (χ2v) is 5.78. The number of morpholine rings is 1. The number of benzene rings is 1. The van der Waals surface area contributed by atoms with E-state index in [1.807, 2.05) is 6.92 Å². The maximum atomic E-state index is 13.6. The molecule has 0 saturated carbocycles. The predicted octanol–water partition coefficient (Wildman–Crippen LogP) is 1.56. The summed E-state index contributed by atoms with van der Waals surface area (Å²) in [6.45, 7) is 4.28. The van der Waals surface area contributed by atoms with Crippen molar-refractivity contribution in [3.8, 4) is 0 Å². The Labute approximate surface area is 122 Å². The first-order valence-corrected chi connectivity index (χ1v) is 7.14. The molecule has 2 heterocycles. The van der Waals surface area contributed by atoms with E-state index in [0.717, 1.165) is 31.6 Å². The highest BCUT2D eigenvalue weighted by molar-refractivity contribution is 5.94. The largest absolute Gasteiger partial charge is 0.376 e. The molecule has 1 amide bonds. The second-order valence-electron chi connectivity index (χ2n) is 5.78. The fraction of sp³-hybridized carbons (Fsp3) is 0.533. The first-order chi connectivity index (χ1) is 10.0. The summed E-state index contributed by atoms with van der Waals surface area (Å²) in [5.41, 5.74) is -0.120. The Bertz CT molecular complexity index is 552. The Balaban J connectivity index is 1.63. The normalized spacial score (nSPS) is 29.2. The van der Waals surface area contributed by atoms with Gasteiger partial charge in [0.05, 0.1) is 18.3 Å². The maximum Gasteiger partial charge on any atom is 0.254 e. The molecule has 1 N–H and O–H groups in total. The third kappa shape index (κ3) is 3.06. The molecular formula is C15H18F2N2O2. The van der Waals surface area contributed by atoms with Crippen LogP contribution in [0.1, 0.15) is 23.7 Å². The molecule has 2 fully saturated rings. The van der Waals surface area contributed by atoms with Gasteiger partial charge in [-0.1, -0.05) is 0 Å². The van der Waals surface area contributed by atoms with Gasteiger partial charge in [-0.25, -0.2) is 8.78 Å². The molecular weight excluding hydrogens is 278 g/mol. The number of carbonyl (C=O) groups excluding carboxylic acids is 1. The van der Waals surface area contributed by atoms with Crippen LogP contribution >= 0.6 is 0 Å². The van der Waals surface area contributed by atoms with Gasteiger partial charge in [0.2, 0.25) is 0 Å². The molecule has 0 radical (unpaired) electrons. The van der Waals surface area contributed by atoms with E-state index < -0.39 is 17.5 Å². The van der Waals surface area contributed by atoms with Crippen LogP contribution < -0.4 is 5.32 Å². The molecule has 21 heavy (non-hydrogen) atoms. The Morgan fingerprint density at radius 3 is 2.95 bits per heavy atom. The molecule has 2 aliphatic heterocycles. The SMILES string of the molecule is C[C@@H]1CN2C[C@@H](NC(=O)c3ccc(F)cc3F)C[C@H]2CO1. The van der Waals surface area contributed by atoms with Crippen molar-refractivity contribution in [2.75, 3.05) is 19.7 Å². The lowest BCUT2D eigenvalue weighted by Gasteiger charge is -2.33. The van der Waals surface area contributed by atoms with Crippen LogP contribution in [0, 0.1) is 11.6 Å². The van der Waals surface area contributed by atoms with E-state index in [4.69, 9.17) is 4.74 Å². The van der Waals surface area contributed by atoms with Crippen LogP contribution in [0.4, 0.5) is 8.78 Å². The summed E-state index contributed by atoms with van der Waals surface area (Å²) >= 11 is 0. The predicted molar refractivity (Wildman–Crippen MR) is 73.0 cm³/mol. The van der Waals surface area contributed by atoms with E-state index in [9.17, 15) is 13.6 Å². The van der Waals surface area contributed by atoms with Gasteiger partial charge in [-0.3, -0.25) is 9.69 Å². The van der Waals surface area contributed by atoms with Gasteiger partial charge in [-0.2, -0.15) is 0 Å². The number of halogens is 2. The zero-order chi connectivity index (χ0) is 15.0. The summed E-state index contributed by atoms with van der Waals surface area (Å²) in [5, 5.41) is 2.83. The molecule has 0 aliphatic carbocycles. The highest BCUT2D eigenvalue weighted by Gasteiger charge is 2.36. The maximum absolute atomic E-state index is 13.6. The first kappa shape index (κ1) is 14.4. The summed E-state index contributed by atoms with van der Waals surface area (Å²) < 4.78 is 32.1. The third-order valence-corrected chi connectivity index (χ3v) is 4.10. The van der Waals surface area contributed by atoms with Crippen molar-refractivity contribution in [1.29, 1.82) is 0 Å². The minimum absolute atomic E-state index is 0.0270. The molecule has 2 aliphatic rings. The van der Waals surface area contributed by atoms with Crippen molar-refractivity contribution >= 4 is 5.91 Å². The van der Waals surface area contributed by atoms with E-state index >= 15 is 0 Å². The number of ether oxygens (including phenoxy) is 1. The summed E-state index contributed by atoms with van der Waals surface area (Å²) in [7, 11) is 0. The molecule has 114 valence electrons. The van der Waals surface area contributed by atoms with Crippen LogP contribution in [-0.4, -0.2) is 48.7 Å². The Hall–Kier alpha value is -1.53. The highest BCUT2D eigenvalue weighted by Crippen LogP contribution is 2.23. The van der Waals surface area contributed by atoms with Gasteiger partial charge in [0, 0.05) is 31.2 Å². The topological polar surface area (TPSA) is 41.6 Å². The lowest BCUT2D eigenvalue weighted by Crippen LogP contribution is -2.45. The van der Waals surface area contributed by atoms with Crippen molar-refractivity contribution in [3.63, 3.8) is 0 Å². The highest BCUT2D eigenvalue weighted by atomic mass is 19.1. The van der Waals surface area contributed by atoms with Crippen LogP contribution in [0.15, 0.2) is 18.2 Å². The molecule has 3 rings (SSSR count). The van der Waals surface area contributed by atoms with Crippen molar-refractivity contribution < 1.29 is 18.3 Å². The Morgan fingerprint density at radius 1 is 1.38 bits per heavy atom. The average Bonchev–Trinajstić information content (AvgIpc) is 2.79. The van der Waals surface area contributed by atoms with Crippen LogP contribution in [0.5, 0.6) is 0 Å². The van der Waals surface area contributed by atoms with Crippen molar-refractivity contribution in [3.05, 3.63) is 35.4 Å². The number of hydrogen-bond acceptors (Lipinski definition) is 3. The lowest BCUT2D eigenvalue weighted by atomic mass is 10.1. The first-order valence-electron chi connectivity index (χ1n) is 7.14. The van der Waals surface area contributed by atoms with Crippen LogP contribution in [-0.2, 0) is 4.74 Å². The molecule has 0 unspecified atom stereocenters. The van der Waals surface area contributed by atoms with Crippen LogP contribution in [0.25, 0.3) is 0 Å². The number of hydrogen-bond donors (Lipinski definition) is 1. The number of carbonyl (C=O) groups is 1. The quantitative estimate of drug-likeness (QED) is 0.900. The zero-order valence-electron chi connectivity index (χ0n) is 11.8. The second kappa shape index (κ2) is 5.69. The lowest BCUT2D eigenvalue weighted by molar-refractivity contribution is -0.0390.